The molecule has 1 fully saturated rings. The van der Waals surface area contributed by atoms with Crippen LogP contribution in [0.25, 0.3) is 11.5 Å². The SMILES string of the molecule is COc1cc(Cl)ccc1-c1nc(C2CNCCN2C)no1.Cl. The van der Waals surface area contributed by atoms with Gasteiger partial charge in [-0.25, -0.2) is 0 Å². The molecule has 0 spiro atoms. The van der Waals surface area contributed by atoms with Gasteiger partial charge in [-0.2, -0.15) is 4.98 Å². The minimum atomic E-state index is 0. The van der Waals surface area contributed by atoms with Crippen molar-refractivity contribution in [1.82, 2.24) is 20.4 Å². The molecule has 8 heteroatoms. The molecule has 1 aliphatic heterocycles. The van der Waals surface area contributed by atoms with E-state index >= 15 is 0 Å². The molecule has 120 valence electrons. The van der Waals surface area contributed by atoms with Crippen molar-refractivity contribution >= 4 is 24.0 Å². The second-order valence-electron chi connectivity index (χ2n) is 5.00. The maximum Gasteiger partial charge on any atom is 0.261 e. The molecule has 1 N–H and O–H groups in total. The summed E-state index contributed by atoms with van der Waals surface area (Å²) in [5, 5.41) is 8.05. The average molecular weight is 345 g/mol. The van der Waals surface area contributed by atoms with E-state index in [2.05, 4.69) is 27.4 Å². The van der Waals surface area contributed by atoms with Gasteiger partial charge in [0.15, 0.2) is 5.82 Å². The Kier molecular flexibility index (Phi) is 5.63. The van der Waals surface area contributed by atoms with Crippen LogP contribution >= 0.6 is 24.0 Å². The summed E-state index contributed by atoms with van der Waals surface area (Å²) in [4.78, 5) is 6.72. The molecule has 2 aromatic rings. The molecule has 0 saturated carbocycles. The number of nitrogens with zero attached hydrogens (tertiary/aromatic N) is 3. The third-order valence-electron chi connectivity index (χ3n) is 3.64. The Labute approximate surface area is 140 Å². The van der Waals surface area contributed by atoms with Crippen LogP contribution in [-0.4, -0.2) is 48.8 Å². The van der Waals surface area contributed by atoms with Crippen LogP contribution in [0.3, 0.4) is 0 Å². The highest BCUT2D eigenvalue weighted by Gasteiger charge is 2.26. The van der Waals surface area contributed by atoms with Gasteiger partial charge in [0.2, 0.25) is 0 Å². The zero-order valence-electron chi connectivity index (χ0n) is 12.4. The molecule has 6 nitrogen and oxygen atoms in total. The van der Waals surface area contributed by atoms with Crippen LogP contribution in [0.2, 0.25) is 5.02 Å². The van der Waals surface area contributed by atoms with E-state index in [1.165, 1.54) is 0 Å². The third-order valence-corrected chi connectivity index (χ3v) is 3.88. The zero-order valence-corrected chi connectivity index (χ0v) is 13.9. The smallest absolute Gasteiger partial charge is 0.261 e. The Balaban J connectivity index is 0.00000176. The number of methoxy groups -OCH3 is 1. The highest BCUT2D eigenvalue weighted by molar-refractivity contribution is 6.30. The summed E-state index contributed by atoms with van der Waals surface area (Å²) in [6, 6.07) is 5.45. The van der Waals surface area contributed by atoms with Crippen molar-refractivity contribution < 1.29 is 9.26 Å². The molecule has 0 amide bonds. The maximum atomic E-state index is 5.97. The molecule has 1 atom stereocenters. The van der Waals surface area contributed by atoms with Crippen LogP contribution in [0.1, 0.15) is 11.9 Å². The molecule has 1 aromatic heterocycles. The Hall–Kier alpha value is -1.34. The fourth-order valence-corrected chi connectivity index (χ4v) is 2.58. The first-order valence-corrected chi connectivity index (χ1v) is 7.15. The van der Waals surface area contributed by atoms with Crippen molar-refractivity contribution in [3.8, 4) is 17.2 Å². The standard InChI is InChI=1S/C14H17ClN4O2.ClH/c1-19-6-5-16-8-11(19)13-17-14(21-18-13)10-4-3-9(15)7-12(10)20-2;/h3-4,7,11,16H,5-6,8H2,1-2H3;1H. The van der Waals surface area contributed by atoms with Gasteiger partial charge in [0.05, 0.1) is 18.7 Å². The summed E-state index contributed by atoms with van der Waals surface area (Å²) in [7, 11) is 3.65. The number of benzene rings is 1. The molecular weight excluding hydrogens is 327 g/mol. The van der Waals surface area contributed by atoms with Gasteiger partial charge in [0.1, 0.15) is 5.75 Å². The summed E-state index contributed by atoms with van der Waals surface area (Å²) in [5.74, 6) is 1.74. The minimum Gasteiger partial charge on any atom is -0.496 e. The summed E-state index contributed by atoms with van der Waals surface area (Å²) in [6.07, 6.45) is 0. The van der Waals surface area contributed by atoms with Gasteiger partial charge in [-0.1, -0.05) is 16.8 Å². The van der Waals surface area contributed by atoms with Crippen molar-refractivity contribution in [2.24, 2.45) is 0 Å². The number of aromatic nitrogens is 2. The van der Waals surface area contributed by atoms with Crippen molar-refractivity contribution in [1.29, 1.82) is 0 Å². The van der Waals surface area contributed by atoms with E-state index in [9.17, 15) is 0 Å². The van der Waals surface area contributed by atoms with Crippen molar-refractivity contribution in [3.05, 3.63) is 29.0 Å². The first kappa shape index (κ1) is 17.0. The van der Waals surface area contributed by atoms with E-state index in [1.54, 1.807) is 19.2 Å². The van der Waals surface area contributed by atoms with E-state index in [0.29, 0.717) is 22.5 Å². The molecule has 22 heavy (non-hydrogen) atoms. The predicted molar refractivity (Wildman–Crippen MR) is 86.8 cm³/mol. The van der Waals surface area contributed by atoms with Gasteiger partial charge < -0.3 is 14.6 Å². The fraction of sp³-hybridized carbons (Fsp3) is 0.429. The highest BCUT2D eigenvalue weighted by Crippen LogP contribution is 2.32. The van der Waals surface area contributed by atoms with Gasteiger partial charge in [0, 0.05) is 24.7 Å². The first-order chi connectivity index (χ1) is 10.2. The lowest BCUT2D eigenvalue weighted by Crippen LogP contribution is -2.44. The Morgan fingerprint density at radius 2 is 2.27 bits per heavy atom. The largest absolute Gasteiger partial charge is 0.496 e. The molecule has 0 bridgehead atoms. The number of piperazine rings is 1. The third kappa shape index (κ3) is 3.35. The number of halogens is 2. The monoisotopic (exact) mass is 344 g/mol. The summed E-state index contributed by atoms with van der Waals surface area (Å²) in [5.41, 5.74) is 0.743. The molecule has 1 saturated heterocycles. The molecule has 1 unspecified atom stereocenters. The average Bonchev–Trinajstić information content (AvgIpc) is 2.97. The molecule has 1 aliphatic rings. The maximum absolute atomic E-state index is 5.97. The molecule has 0 aliphatic carbocycles. The Morgan fingerprint density at radius 1 is 1.45 bits per heavy atom. The van der Waals surface area contributed by atoms with Gasteiger partial charge in [-0.3, -0.25) is 4.90 Å². The van der Waals surface area contributed by atoms with Gasteiger partial charge in [-0.05, 0) is 25.2 Å². The number of likely N-dealkylation sites (N-methyl/N-ethyl adjacent to an activating group) is 1. The Bertz CT molecular complexity index is 635. The fourth-order valence-electron chi connectivity index (χ4n) is 2.42. The second-order valence-corrected chi connectivity index (χ2v) is 5.44. The molecular formula is C14H18Cl2N4O2. The van der Waals surface area contributed by atoms with Gasteiger partial charge >= 0.3 is 0 Å². The van der Waals surface area contributed by atoms with Crippen molar-refractivity contribution in [2.45, 2.75) is 6.04 Å². The van der Waals surface area contributed by atoms with Crippen LogP contribution in [0.15, 0.2) is 22.7 Å². The van der Waals surface area contributed by atoms with Crippen LogP contribution in [-0.2, 0) is 0 Å². The van der Waals surface area contributed by atoms with Crippen LogP contribution in [0.4, 0.5) is 0 Å². The number of ether oxygens (including phenoxy) is 1. The lowest BCUT2D eigenvalue weighted by molar-refractivity contribution is 0.190. The van der Waals surface area contributed by atoms with Crippen LogP contribution < -0.4 is 10.1 Å². The molecule has 1 aromatic carbocycles. The summed E-state index contributed by atoms with van der Waals surface area (Å²) >= 11 is 5.97. The number of nitrogens with one attached hydrogen (secondary N) is 1. The van der Waals surface area contributed by atoms with E-state index in [0.717, 1.165) is 25.2 Å². The number of hydrogen-bond donors (Lipinski definition) is 1. The van der Waals surface area contributed by atoms with Crippen LogP contribution in [0, 0.1) is 0 Å². The zero-order chi connectivity index (χ0) is 14.8. The lowest BCUT2D eigenvalue weighted by atomic mass is 10.2. The summed E-state index contributed by atoms with van der Waals surface area (Å²) in [6.45, 7) is 2.74. The topological polar surface area (TPSA) is 63.4 Å². The number of hydrogen-bond acceptors (Lipinski definition) is 6. The molecule has 3 rings (SSSR count). The normalized spacial score (nSPS) is 18.8. The number of rotatable bonds is 3. The molecule has 0 radical (unpaired) electrons. The highest BCUT2D eigenvalue weighted by atomic mass is 35.5. The first-order valence-electron chi connectivity index (χ1n) is 6.77. The van der Waals surface area contributed by atoms with Crippen LogP contribution in [0.5, 0.6) is 5.75 Å². The summed E-state index contributed by atoms with van der Waals surface area (Å²) < 4.78 is 10.7. The van der Waals surface area contributed by atoms with Gasteiger partial charge in [0.25, 0.3) is 5.89 Å². The Morgan fingerprint density at radius 3 is 3.00 bits per heavy atom. The minimum absolute atomic E-state index is 0. The van der Waals surface area contributed by atoms with E-state index in [1.807, 2.05) is 6.07 Å². The lowest BCUT2D eigenvalue weighted by Gasteiger charge is -2.30. The second kappa shape index (κ2) is 7.28. The van der Waals surface area contributed by atoms with E-state index in [-0.39, 0.29) is 18.4 Å². The predicted octanol–water partition coefficient (Wildman–Crippen LogP) is 2.40. The van der Waals surface area contributed by atoms with Crippen molar-refractivity contribution in [3.63, 3.8) is 0 Å². The van der Waals surface area contributed by atoms with Gasteiger partial charge in [-0.15, -0.1) is 12.4 Å². The van der Waals surface area contributed by atoms with Crippen molar-refractivity contribution in [2.75, 3.05) is 33.8 Å². The quantitative estimate of drug-likeness (QED) is 0.922. The molecule has 2 heterocycles. The van der Waals surface area contributed by atoms with E-state index < -0.39 is 0 Å². The van der Waals surface area contributed by atoms with E-state index in [4.69, 9.17) is 20.9 Å².